The van der Waals surface area contributed by atoms with Crippen LogP contribution in [0, 0.1) is 5.82 Å². The third-order valence-corrected chi connectivity index (χ3v) is 4.61. The van der Waals surface area contributed by atoms with Gasteiger partial charge in [0, 0.05) is 25.2 Å². The summed E-state index contributed by atoms with van der Waals surface area (Å²) in [6.45, 7) is 6.81. The first-order chi connectivity index (χ1) is 13.2. The highest BCUT2D eigenvalue weighted by Crippen LogP contribution is 2.30. The highest BCUT2D eigenvalue weighted by Gasteiger charge is 2.32. The topological polar surface area (TPSA) is 85.1 Å². The molecule has 1 unspecified atom stereocenters. The van der Waals surface area contributed by atoms with Crippen LogP contribution in [-0.4, -0.2) is 55.0 Å². The lowest BCUT2D eigenvalue weighted by Crippen LogP contribution is -2.39. The fourth-order valence-corrected chi connectivity index (χ4v) is 3.19. The SMILES string of the molecule is CC(C)(C)OC(=O)N1CC=C(c2ccc(N3CC(CN)OC3=O)cc2F)CC1. The fraction of sp³-hybridized carbons (Fsp3) is 0.500. The summed E-state index contributed by atoms with van der Waals surface area (Å²) < 4.78 is 25.2. The van der Waals surface area contributed by atoms with Crippen molar-refractivity contribution in [1.29, 1.82) is 0 Å². The molecule has 1 aromatic rings. The summed E-state index contributed by atoms with van der Waals surface area (Å²) in [5.41, 5.74) is 6.71. The highest BCUT2D eigenvalue weighted by atomic mass is 19.1. The summed E-state index contributed by atoms with van der Waals surface area (Å²) in [6.07, 6.45) is 1.08. The molecule has 0 spiro atoms. The minimum atomic E-state index is -0.553. The van der Waals surface area contributed by atoms with Crippen molar-refractivity contribution in [3.63, 3.8) is 0 Å². The largest absolute Gasteiger partial charge is 0.444 e. The van der Waals surface area contributed by atoms with E-state index in [0.29, 0.717) is 37.3 Å². The first-order valence-electron chi connectivity index (χ1n) is 9.33. The number of benzene rings is 1. The minimum Gasteiger partial charge on any atom is -0.444 e. The molecule has 0 aliphatic carbocycles. The normalized spacial score (nSPS) is 20.1. The maximum absolute atomic E-state index is 14.7. The number of amides is 2. The van der Waals surface area contributed by atoms with Gasteiger partial charge in [0.1, 0.15) is 17.5 Å². The Bertz CT molecular complexity index is 803. The van der Waals surface area contributed by atoms with Gasteiger partial charge in [-0.15, -0.1) is 0 Å². The molecule has 7 nitrogen and oxygen atoms in total. The van der Waals surface area contributed by atoms with Crippen molar-refractivity contribution in [2.45, 2.75) is 38.9 Å². The third-order valence-electron chi connectivity index (χ3n) is 4.61. The van der Waals surface area contributed by atoms with E-state index in [-0.39, 0.29) is 18.7 Å². The molecule has 0 aromatic heterocycles. The second-order valence-electron chi connectivity index (χ2n) is 7.92. The van der Waals surface area contributed by atoms with E-state index in [0.717, 1.165) is 5.57 Å². The van der Waals surface area contributed by atoms with Crippen LogP contribution in [0.5, 0.6) is 0 Å². The number of hydrogen-bond donors (Lipinski definition) is 1. The molecule has 2 amide bonds. The van der Waals surface area contributed by atoms with Crippen LogP contribution in [0.25, 0.3) is 5.57 Å². The third kappa shape index (κ3) is 4.44. The zero-order chi connectivity index (χ0) is 20.5. The van der Waals surface area contributed by atoms with Gasteiger partial charge in [0.2, 0.25) is 0 Å². The number of hydrogen-bond acceptors (Lipinski definition) is 5. The Morgan fingerprint density at radius 1 is 1.39 bits per heavy atom. The van der Waals surface area contributed by atoms with Gasteiger partial charge in [0.25, 0.3) is 0 Å². The predicted octanol–water partition coefficient (Wildman–Crippen LogP) is 3.13. The van der Waals surface area contributed by atoms with Crippen LogP contribution < -0.4 is 10.6 Å². The first-order valence-corrected chi connectivity index (χ1v) is 9.33. The first kappa shape index (κ1) is 20.1. The van der Waals surface area contributed by atoms with Crippen LogP contribution in [0.2, 0.25) is 0 Å². The number of nitrogens with two attached hydrogens (primary N) is 1. The van der Waals surface area contributed by atoms with Gasteiger partial charge in [-0.3, -0.25) is 4.90 Å². The van der Waals surface area contributed by atoms with Crippen LogP contribution >= 0.6 is 0 Å². The van der Waals surface area contributed by atoms with Gasteiger partial charge in [-0.05, 0) is 51.0 Å². The van der Waals surface area contributed by atoms with Crippen molar-refractivity contribution in [3.8, 4) is 0 Å². The Morgan fingerprint density at radius 3 is 2.68 bits per heavy atom. The Morgan fingerprint density at radius 2 is 2.14 bits per heavy atom. The van der Waals surface area contributed by atoms with Gasteiger partial charge >= 0.3 is 12.2 Å². The highest BCUT2D eigenvalue weighted by molar-refractivity contribution is 5.90. The van der Waals surface area contributed by atoms with Crippen LogP contribution in [0.3, 0.4) is 0 Å². The fourth-order valence-electron chi connectivity index (χ4n) is 3.19. The Hall–Kier alpha value is -2.61. The Balaban J connectivity index is 1.70. The van der Waals surface area contributed by atoms with Crippen LogP contribution in [0.1, 0.15) is 32.8 Å². The van der Waals surface area contributed by atoms with Crippen molar-refractivity contribution < 1.29 is 23.5 Å². The number of halogens is 1. The Kier molecular flexibility index (Phi) is 5.60. The molecule has 152 valence electrons. The van der Waals surface area contributed by atoms with E-state index in [2.05, 4.69) is 0 Å². The molecule has 1 fully saturated rings. The smallest absolute Gasteiger partial charge is 0.414 e. The molecule has 8 heteroatoms. The number of rotatable bonds is 3. The maximum atomic E-state index is 14.7. The van der Waals surface area contributed by atoms with Gasteiger partial charge < -0.3 is 20.1 Å². The molecular formula is C20H26FN3O4. The monoisotopic (exact) mass is 391 g/mol. The maximum Gasteiger partial charge on any atom is 0.414 e. The molecule has 28 heavy (non-hydrogen) atoms. The molecule has 0 radical (unpaired) electrons. The van der Waals surface area contributed by atoms with Gasteiger partial charge in [-0.25, -0.2) is 14.0 Å². The second kappa shape index (κ2) is 7.79. The number of carbonyl (C=O) groups is 2. The lowest BCUT2D eigenvalue weighted by Gasteiger charge is -2.29. The molecule has 2 aliphatic heterocycles. The van der Waals surface area contributed by atoms with Gasteiger partial charge in [0.05, 0.1) is 12.2 Å². The Labute approximate surface area is 163 Å². The van der Waals surface area contributed by atoms with E-state index < -0.39 is 17.5 Å². The molecule has 2 N–H and O–H groups in total. The van der Waals surface area contributed by atoms with Crippen molar-refractivity contribution >= 4 is 23.4 Å². The summed E-state index contributed by atoms with van der Waals surface area (Å²) >= 11 is 0. The quantitative estimate of drug-likeness (QED) is 0.856. The number of anilines is 1. The molecule has 0 bridgehead atoms. The van der Waals surface area contributed by atoms with Gasteiger partial charge in [-0.1, -0.05) is 6.08 Å². The van der Waals surface area contributed by atoms with Crippen molar-refractivity contribution in [1.82, 2.24) is 4.90 Å². The summed E-state index contributed by atoms with van der Waals surface area (Å²) in [5.74, 6) is -0.418. The number of ether oxygens (including phenoxy) is 2. The zero-order valence-corrected chi connectivity index (χ0v) is 16.4. The average molecular weight is 391 g/mol. The van der Waals surface area contributed by atoms with Crippen LogP contribution in [0.15, 0.2) is 24.3 Å². The molecule has 1 atom stereocenters. The number of nitrogens with zero attached hydrogens (tertiary/aromatic N) is 2. The molecule has 2 heterocycles. The van der Waals surface area contributed by atoms with E-state index in [1.165, 1.54) is 11.0 Å². The summed E-state index contributed by atoms with van der Waals surface area (Å²) in [5, 5.41) is 0. The molecule has 1 aromatic carbocycles. The van der Waals surface area contributed by atoms with Crippen molar-refractivity contribution in [2.75, 3.05) is 31.1 Å². The van der Waals surface area contributed by atoms with Gasteiger partial charge in [-0.2, -0.15) is 0 Å². The standard InChI is InChI=1S/C20H26FN3O4/c1-20(2,3)28-18(25)23-8-6-13(7-9-23)16-5-4-14(10-17(16)21)24-12-15(11-22)27-19(24)26/h4-6,10,15H,7-9,11-12,22H2,1-3H3. The molecule has 2 aliphatic rings. The van der Waals surface area contributed by atoms with Gasteiger partial charge in [0.15, 0.2) is 0 Å². The summed E-state index contributed by atoms with van der Waals surface area (Å²) in [7, 11) is 0. The van der Waals surface area contributed by atoms with E-state index >= 15 is 0 Å². The number of carbonyl (C=O) groups excluding carboxylic acids is 2. The number of cyclic esters (lactones) is 1. The molecule has 3 rings (SSSR count). The predicted molar refractivity (Wildman–Crippen MR) is 103 cm³/mol. The van der Waals surface area contributed by atoms with E-state index in [1.807, 2.05) is 26.8 Å². The van der Waals surface area contributed by atoms with Crippen molar-refractivity contribution in [2.24, 2.45) is 5.73 Å². The van der Waals surface area contributed by atoms with Crippen LogP contribution in [-0.2, 0) is 9.47 Å². The second-order valence-corrected chi connectivity index (χ2v) is 7.92. The molecular weight excluding hydrogens is 365 g/mol. The van der Waals surface area contributed by atoms with E-state index in [4.69, 9.17) is 15.2 Å². The summed E-state index contributed by atoms with van der Waals surface area (Å²) in [4.78, 5) is 27.0. The van der Waals surface area contributed by atoms with Crippen LogP contribution in [0.4, 0.5) is 19.7 Å². The minimum absolute atomic E-state index is 0.226. The van der Waals surface area contributed by atoms with Crippen molar-refractivity contribution in [3.05, 3.63) is 35.7 Å². The average Bonchev–Trinajstić information content (AvgIpc) is 3.01. The van der Waals surface area contributed by atoms with E-state index in [1.54, 1.807) is 17.0 Å². The molecule has 0 saturated carbocycles. The zero-order valence-electron chi connectivity index (χ0n) is 16.4. The lowest BCUT2D eigenvalue weighted by molar-refractivity contribution is 0.0270. The molecule has 1 saturated heterocycles. The lowest BCUT2D eigenvalue weighted by atomic mass is 9.98. The van der Waals surface area contributed by atoms with E-state index in [9.17, 15) is 14.0 Å². The summed E-state index contributed by atoms with van der Waals surface area (Å²) in [6, 6.07) is 4.68.